The Balaban J connectivity index is 1.56. The first-order valence-electron chi connectivity index (χ1n) is 8.93. The van der Waals surface area contributed by atoms with Crippen LogP contribution in [0.3, 0.4) is 0 Å². The molecule has 0 unspecified atom stereocenters. The monoisotopic (exact) mass is 422 g/mol. The molecule has 2 heterocycles. The molecule has 9 nitrogen and oxygen atoms in total. The zero-order valence-electron chi connectivity index (χ0n) is 16.5. The number of thiazole rings is 1. The number of methoxy groups -OCH3 is 2. The Morgan fingerprint density at radius 1 is 1.10 bits per heavy atom. The highest BCUT2D eigenvalue weighted by Gasteiger charge is 2.15. The molecule has 0 saturated heterocycles. The largest absolute Gasteiger partial charge is 0.497 e. The number of nitrogens with one attached hydrogen (secondary N) is 1. The standard InChI is InChI=1S/C20H18N6O3S/c1-12-23-24-25-26(12)17-10-14(6-9-18(17)29-3)21-19(27)16-11-30-20(22-16)13-4-7-15(28-2)8-5-13/h4-11H,1-3H3,(H,21,27). The Labute approximate surface area is 176 Å². The fraction of sp³-hybridized carbons (Fsp3) is 0.150. The number of anilines is 1. The van der Waals surface area contributed by atoms with Crippen molar-refractivity contribution in [2.45, 2.75) is 6.92 Å². The maximum absolute atomic E-state index is 12.7. The van der Waals surface area contributed by atoms with Gasteiger partial charge < -0.3 is 14.8 Å². The summed E-state index contributed by atoms with van der Waals surface area (Å²) in [6, 6.07) is 12.8. The van der Waals surface area contributed by atoms with Crippen LogP contribution in [0.25, 0.3) is 16.3 Å². The molecule has 10 heteroatoms. The first kappa shape index (κ1) is 19.5. The number of aryl methyl sites for hydroxylation is 1. The molecule has 0 spiro atoms. The predicted molar refractivity (Wildman–Crippen MR) is 112 cm³/mol. The van der Waals surface area contributed by atoms with Gasteiger partial charge in [-0.3, -0.25) is 4.79 Å². The van der Waals surface area contributed by atoms with Crippen LogP contribution in [0.1, 0.15) is 16.3 Å². The molecule has 0 saturated carbocycles. The fourth-order valence-electron chi connectivity index (χ4n) is 2.83. The number of hydrogen-bond acceptors (Lipinski definition) is 8. The first-order valence-corrected chi connectivity index (χ1v) is 9.81. The zero-order chi connectivity index (χ0) is 21.1. The fourth-order valence-corrected chi connectivity index (χ4v) is 3.63. The van der Waals surface area contributed by atoms with Crippen molar-refractivity contribution in [2.75, 3.05) is 19.5 Å². The molecule has 0 aliphatic rings. The maximum Gasteiger partial charge on any atom is 0.275 e. The molecule has 0 fully saturated rings. The van der Waals surface area contributed by atoms with Gasteiger partial charge in [-0.1, -0.05) is 0 Å². The smallest absolute Gasteiger partial charge is 0.275 e. The minimum Gasteiger partial charge on any atom is -0.497 e. The van der Waals surface area contributed by atoms with Crippen LogP contribution in [0.2, 0.25) is 0 Å². The van der Waals surface area contributed by atoms with Crippen LogP contribution in [0, 0.1) is 6.92 Å². The zero-order valence-corrected chi connectivity index (χ0v) is 17.3. The van der Waals surface area contributed by atoms with Crippen molar-refractivity contribution in [1.29, 1.82) is 0 Å². The molecule has 30 heavy (non-hydrogen) atoms. The number of aromatic nitrogens is 5. The van der Waals surface area contributed by atoms with Crippen molar-refractivity contribution in [3.05, 3.63) is 59.4 Å². The number of carbonyl (C=O) groups excluding carboxylic acids is 1. The van der Waals surface area contributed by atoms with E-state index in [-0.39, 0.29) is 5.91 Å². The molecule has 0 radical (unpaired) electrons. The molecule has 0 bridgehead atoms. The Bertz CT molecular complexity index is 1190. The first-order chi connectivity index (χ1) is 14.6. The van der Waals surface area contributed by atoms with E-state index in [4.69, 9.17) is 9.47 Å². The lowest BCUT2D eigenvalue weighted by Crippen LogP contribution is -2.13. The van der Waals surface area contributed by atoms with Gasteiger partial charge in [0.2, 0.25) is 0 Å². The van der Waals surface area contributed by atoms with Gasteiger partial charge in [0.05, 0.1) is 14.2 Å². The highest BCUT2D eigenvalue weighted by Crippen LogP contribution is 2.28. The maximum atomic E-state index is 12.7. The van der Waals surface area contributed by atoms with Gasteiger partial charge in [0, 0.05) is 16.6 Å². The number of ether oxygens (including phenoxy) is 2. The number of amides is 1. The van der Waals surface area contributed by atoms with E-state index in [1.807, 2.05) is 24.3 Å². The van der Waals surface area contributed by atoms with Crippen molar-refractivity contribution in [1.82, 2.24) is 25.2 Å². The normalized spacial score (nSPS) is 10.6. The lowest BCUT2D eigenvalue weighted by Gasteiger charge is -2.11. The average molecular weight is 422 g/mol. The van der Waals surface area contributed by atoms with Gasteiger partial charge in [0.15, 0.2) is 5.82 Å². The van der Waals surface area contributed by atoms with Crippen molar-refractivity contribution < 1.29 is 14.3 Å². The Morgan fingerprint density at radius 3 is 2.57 bits per heavy atom. The second-order valence-electron chi connectivity index (χ2n) is 6.25. The van der Waals surface area contributed by atoms with E-state index in [1.165, 1.54) is 11.3 Å². The van der Waals surface area contributed by atoms with Crippen LogP contribution in [-0.2, 0) is 0 Å². The molecule has 1 amide bonds. The summed E-state index contributed by atoms with van der Waals surface area (Å²) >= 11 is 1.40. The van der Waals surface area contributed by atoms with Crippen LogP contribution in [0.15, 0.2) is 47.8 Å². The number of carbonyl (C=O) groups is 1. The highest BCUT2D eigenvalue weighted by atomic mass is 32.1. The van der Waals surface area contributed by atoms with E-state index in [0.29, 0.717) is 28.6 Å². The second-order valence-corrected chi connectivity index (χ2v) is 7.10. The van der Waals surface area contributed by atoms with E-state index in [2.05, 4.69) is 25.8 Å². The Morgan fingerprint density at radius 2 is 1.90 bits per heavy atom. The van der Waals surface area contributed by atoms with E-state index < -0.39 is 0 Å². The van der Waals surface area contributed by atoms with E-state index >= 15 is 0 Å². The number of nitrogens with zero attached hydrogens (tertiary/aromatic N) is 5. The molecule has 0 atom stereocenters. The minimum absolute atomic E-state index is 0.310. The summed E-state index contributed by atoms with van der Waals surface area (Å²) in [7, 11) is 3.18. The van der Waals surface area contributed by atoms with Crippen LogP contribution in [0.4, 0.5) is 5.69 Å². The van der Waals surface area contributed by atoms with Gasteiger partial charge in [-0.15, -0.1) is 16.4 Å². The third-order valence-electron chi connectivity index (χ3n) is 4.36. The summed E-state index contributed by atoms with van der Waals surface area (Å²) in [6.45, 7) is 1.78. The van der Waals surface area contributed by atoms with Crippen molar-refractivity contribution in [3.8, 4) is 27.8 Å². The van der Waals surface area contributed by atoms with E-state index in [9.17, 15) is 4.79 Å². The second kappa shape index (κ2) is 8.29. The van der Waals surface area contributed by atoms with E-state index in [1.54, 1.807) is 49.4 Å². The molecule has 4 aromatic rings. The number of hydrogen-bond donors (Lipinski definition) is 1. The minimum atomic E-state index is -0.310. The van der Waals surface area contributed by atoms with Crippen LogP contribution >= 0.6 is 11.3 Å². The summed E-state index contributed by atoms with van der Waals surface area (Å²) in [5, 5.41) is 16.9. The van der Waals surface area contributed by atoms with Crippen molar-refractivity contribution in [3.63, 3.8) is 0 Å². The van der Waals surface area contributed by atoms with Gasteiger partial charge in [-0.25, -0.2) is 4.98 Å². The van der Waals surface area contributed by atoms with Crippen molar-refractivity contribution in [2.24, 2.45) is 0 Å². The quantitative estimate of drug-likeness (QED) is 0.508. The molecule has 2 aromatic carbocycles. The Hall–Kier alpha value is -3.79. The summed E-state index contributed by atoms with van der Waals surface area (Å²) in [5.74, 6) is 1.64. The molecular formula is C20H18N6O3S. The molecular weight excluding hydrogens is 404 g/mol. The molecule has 2 aromatic heterocycles. The van der Waals surface area contributed by atoms with Gasteiger partial charge in [-0.05, 0) is 59.8 Å². The third-order valence-corrected chi connectivity index (χ3v) is 5.26. The summed E-state index contributed by atoms with van der Waals surface area (Å²) in [4.78, 5) is 17.2. The van der Waals surface area contributed by atoms with Gasteiger partial charge >= 0.3 is 0 Å². The molecule has 0 aliphatic heterocycles. The van der Waals surface area contributed by atoms with Gasteiger partial charge in [0.25, 0.3) is 5.91 Å². The summed E-state index contributed by atoms with van der Waals surface area (Å²) in [5.41, 5.74) is 2.45. The predicted octanol–water partition coefficient (Wildman–Crippen LogP) is 3.36. The highest BCUT2D eigenvalue weighted by molar-refractivity contribution is 7.13. The van der Waals surface area contributed by atoms with Crippen LogP contribution in [-0.4, -0.2) is 45.3 Å². The average Bonchev–Trinajstić information content (AvgIpc) is 3.43. The molecule has 0 aliphatic carbocycles. The lowest BCUT2D eigenvalue weighted by molar-refractivity contribution is 0.102. The number of rotatable bonds is 6. The molecule has 4 rings (SSSR count). The Kier molecular flexibility index (Phi) is 5.40. The molecule has 1 N–H and O–H groups in total. The topological polar surface area (TPSA) is 104 Å². The van der Waals surface area contributed by atoms with Gasteiger partial charge in [0.1, 0.15) is 27.9 Å². The lowest BCUT2D eigenvalue weighted by atomic mass is 10.2. The van der Waals surface area contributed by atoms with Crippen LogP contribution < -0.4 is 14.8 Å². The van der Waals surface area contributed by atoms with Crippen molar-refractivity contribution >= 4 is 22.9 Å². The number of benzene rings is 2. The van der Waals surface area contributed by atoms with Gasteiger partial charge in [-0.2, -0.15) is 4.68 Å². The summed E-state index contributed by atoms with van der Waals surface area (Å²) < 4.78 is 12.1. The SMILES string of the molecule is COc1ccc(-c2nc(C(=O)Nc3ccc(OC)c(-n4nnnc4C)c3)cs2)cc1. The molecule has 152 valence electrons. The third kappa shape index (κ3) is 3.85. The van der Waals surface area contributed by atoms with E-state index in [0.717, 1.165) is 16.3 Å². The summed E-state index contributed by atoms with van der Waals surface area (Å²) in [6.07, 6.45) is 0. The van der Waals surface area contributed by atoms with Crippen LogP contribution in [0.5, 0.6) is 11.5 Å². The number of tetrazole rings is 1.